The first-order chi connectivity index (χ1) is 17.5. The molecule has 4 rings (SSSR count). The number of carbonyl (C=O) groups is 3. The van der Waals surface area contributed by atoms with Crippen LogP contribution in [0.4, 0.5) is 4.39 Å². The Hall–Kier alpha value is -3.60. The average molecular weight is 516 g/mol. The van der Waals surface area contributed by atoms with E-state index in [-0.39, 0.29) is 11.6 Å². The summed E-state index contributed by atoms with van der Waals surface area (Å²) in [5, 5.41) is 33.5. The van der Waals surface area contributed by atoms with E-state index < -0.39 is 24.1 Å². The maximum absolute atomic E-state index is 13.5. The molecule has 0 aliphatic carbocycles. The Morgan fingerprint density at radius 1 is 1.03 bits per heavy atom. The van der Waals surface area contributed by atoms with Gasteiger partial charge in [-0.05, 0) is 81.3 Å². The molecule has 1 aliphatic heterocycles. The van der Waals surface area contributed by atoms with Gasteiger partial charge in [-0.25, -0.2) is 14.0 Å². The number of furan rings is 1. The minimum Gasteiger partial charge on any atom is -0.479 e. The number of likely N-dealkylation sites (tertiary alicyclic amines) is 1. The number of carboxylic acids is 2. The fourth-order valence-electron chi connectivity index (χ4n) is 4.16. The highest BCUT2D eigenvalue weighted by Gasteiger charge is 2.29. The number of benzene rings is 2. The van der Waals surface area contributed by atoms with Crippen LogP contribution in [0.1, 0.15) is 47.0 Å². The van der Waals surface area contributed by atoms with Crippen LogP contribution in [0.3, 0.4) is 0 Å². The lowest BCUT2D eigenvalue weighted by molar-refractivity contribution is -0.165. The molecule has 2 heterocycles. The van der Waals surface area contributed by atoms with E-state index in [0.29, 0.717) is 22.7 Å². The highest BCUT2D eigenvalue weighted by molar-refractivity contribution is 6.10. The van der Waals surface area contributed by atoms with Crippen LogP contribution in [0.2, 0.25) is 0 Å². The molecular formula is C27H30FNO8. The molecule has 0 unspecified atom stereocenters. The van der Waals surface area contributed by atoms with Gasteiger partial charge in [0, 0.05) is 35.5 Å². The van der Waals surface area contributed by atoms with Gasteiger partial charge < -0.3 is 29.7 Å². The van der Waals surface area contributed by atoms with E-state index in [4.69, 9.17) is 24.8 Å². The van der Waals surface area contributed by atoms with Gasteiger partial charge in [0.1, 0.15) is 17.2 Å². The minimum atomic E-state index is -2.27. The molecule has 198 valence electrons. The van der Waals surface area contributed by atoms with Gasteiger partial charge in [-0.15, -0.1) is 0 Å². The maximum atomic E-state index is 13.5. The maximum Gasteiger partial charge on any atom is 0.335 e. The molecule has 2 aromatic carbocycles. The predicted octanol–water partition coefficient (Wildman–Crippen LogP) is 3.02. The number of ketones is 1. The summed E-state index contributed by atoms with van der Waals surface area (Å²) in [6.45, 7) is 6.11. The zero-order valence-corrected chi connectivity index (χ0v) is 20.6. The number of aliphatic hydroxyl groups is 2. The molecule has 37 heavy (non-hydrogen) atoms. The van der Waals surface area contributed by atoms with Crippen molar-refractivity contribution >= 4 is 28.7 Å². The molecule has 10 heteroatoms. The van der Waals surface area contributed by atoms with E-state index in [9.17, 15) is 18.8 Å². The van der Waals surface area contributed by atoms with Gasteiger partial charge >= 0.3 is 11.9 Å². The number of halogens is 1. The van der Waals surface area contributed by atoms with Crippen LogP contribution in [0.5, 0.6) is 0 Å². The standard InChI is InChI=1S/C23H24FNO2.C4H6O6/c1-15-12-17(5-7-21(15)24)23(26)18-6-8-22-19(13-18)14-20(27-22)9-11-25-10-3-4-16(25)2;5-1(3(7)8)2(6)4(9)10/h5-8,12-14,16H,3-4,9-11H2,1-2H3;1-2,5-6H,(H,7,8)(H,9,10)/t16-;1-,2-/m11/s1. The summed E-state index contributed by atoms with van der Waals surface area (Å²) < 4.78 is 19.4. The molecule has 0 saturated carbocycles. The molecule has 1 fully saturated rings. The molecule has 4 N–H and O–H groups in total. The summed E-state index contributed by atoms with van der Waals surface area (Å²) in [4.78, 5) is 34.8. The van der Waals surface area contributed by atoms with Crippen LogP contribution in [0.25, 0.3) is 11.0 Å². The smallest absolute Gasteiger partial charge is 0.335 e. The van der Waals surface area contributed by atoms with Gasteiger partial charge in [-0.3, -0.25) is 4.79 Å². The molecule has 3 atom stereocenters. The number of hydrogen-bond donors (Lipinski definition) is 4. The van der Waals surface area contributed by atoms with Gasteiger partial charge in [0.15, 0.2) is 18.0 Å². The lowest BCUT2D eigenvalue weighted by atomic mass is 10.0. The summed E-state index contributed by atoms with van der Waals surface area (Å²) in [7, 11) is 0. The third-order valence-electron chi connectivity index (χ3n) is 6.39. The van der Waals surface area contributed by atoms with E-state index in [1.807, 2.05) is 18.2 Å². The predicted molar refractivity (Wildman–Crippen MR) is 132 cm³/mol. The molecular weight excluding hydrogens is 485 g/mol. The van der Waals surface area contributed by atoms with Crippen LogP contribution in [0, 0.1) is 12.7 Å². The topological polar surface area (TPSA) is 149 Å². The Kier molecular flexibility index (Phi) is 9.14. The molecule has 1 saturated heterocycles. The summed E-state index contributed by atoms with van der Waals surface area (Å²) in [5.74, 6) is -2.99. The van der Waals surface area contributed by atoms with Crippen molar-refractivity contribution in [2.45, 2.75) is 51.4 Å². The Balaban J connectivity index is 0.000000325. The van der Waals surface area contributed by atoms with Gasteiger partial charge in [-0.1, -0.05) is 0 Å². The number of aliphatic hydroxyl groups excluding tert-OH is 2. The van der Waals surface area contributed by atoms with Gasteiger partial charge in [0.25, 0.3) is 0 Å². The van der Waals surface area contributed by atoms with Crippen molar-refractivity contribution in [2.75, 3.05) is 13.1 Å². The normalized spacial score (nSPS) is 17.2. The Bertz CT molecular complexity index is 1270. The molecule has 9 nitrogen and oxygen atoms in total. The Morgan fingerprint density at radius 2 is 1.65 bits per heavy atom. The van der Waals surface area contributed by atoms with Crippen LogP contribution in [-0.4, -0.2) is 74.4 Å². The number of aryl methyl sites for hydroxylation is 1. The first-order valence-electron chi connectivity index (χ1n) is 11.9. The number of carboxylic acid groups (broad SMARTS) is 2. The van der Waals surface area contributed by atoms with E-state index >= 15 is 0 Å². The van der Waals surface area contributed by atoms with Crippen molar-refractivity contribution in [2.24, 2.45) is 0 Å². The second-order valence-electron chi connectivity index (χ2n) is 9.10. The third-order valence-corrected chi connectivity index (χ3v) is 6.39. The number of rotatable bonds is 8. The van der Waals surface area contributed by atoms with Crippen molar-refractivity contribution in [3.05, 3.63) is 70.7 Å². The highest BCUT2D eigenvalue weighted by Crippen LogP contribution is 2.24. The lowest BCUT2D eigenvalue weighted by Crippen LogP contribution is -2.39. The third kappa shape index (κ3) is 7.00. The van der Waals surface area contributed by atoms with Crippen LogP contribution in [-0.2, 0) is 16.0 Å². The molecule has 1 aliphatic rings. The minimum absolute atomic E-state index is 0.103. The second-order valence-corrected chi connectivity index (χ2v) is 9.10. The number of aliphatic carboxylic acids is 2. The highest BCUT2D eigenvalue weighted by atomic mass is 19.1. The monoisotopic (exact) mass is 515 g/mol. The number of carbonyl (C=O) groups excluding carboxylic acids is 1. The Morgan fingerprint density at radius 3 is 2.22 bits per heavy atom. The molecule has 0 spiro atoms. The summed E-state index contributed by atoms with van der Waals surface area (Å²) >= 11 is 0. The van der Waals surface area contributed by atoms with Crippen molar-refractivity contribution in [3.8, 4) is 0 Å². The molecule has 0 radical (unpaired) electrons. The van der Waals surface area contributed by atoms with Crippen LogP contribution < -0.4 is 0 Å². The van der Waals surface area contributed by atoms with E-state index in [0.717, 1.165) is 36.2 Å². The molecule has 0 amide bonds. The number of hydrogen-bond acceptors (Lipinski definition) is 7. The van der Waals surface area contributed by atoms with Crippen molar-refractivity contribution in [1.82, 2.24) is 4.90 Å². The van der Waals surface area contributed by atoms with Crippen LogP contribution >= 0.6 is 0 Å². The van der Waals surface area contributed by atoms with Crippen molar-refractivity contribution in [3.63, 3.8) is 0 Å². The summed E-state index contributed by atoms with van der Waals surface area (Å²) in [5.41, 5.74) is 2.36. The molecule has 3 aromatic rings. The lowest BCUT2D eigenvalue weighted by Gasteiger charge is -2.19. The van der Waals surface area contributed by atoms with E-state index in [1.165, 1.54) is 25.0 Å². The SMILES string of the molecule is Cc1cc(C(=O)c2ccc3oc(CCN4CCC[C@H]4C)cc3c2)ccc1F.O=C(O)[C@H](O)[C@@H](O)C(=O)O. The average Bonchev–Trinajstić information content (AvgIpc) is 3.47. The van der Waals surface area contributed by atoms with Crippen LogP contribution in [0.15, 0.2) is 46.9 Å². The zero-order valence-electron chi connectivity index (χ0n) is 20.6. The zero-order chi connectivity index (χ0) is 27.3. The van der Waals surface area contributed by atoms with Gasteiger partial charge in [-0.2, -0.15) is 0 Å². The fourth-order valence-corrected chi connectivity index (χ4v) is 4.16. The summed E-state index contributed by atoms with van der Waals surface area (Å²) in [6, 6.07) is 12.6. The number of fused-ring (bicyclic) bond motifs is 1. The molecule has 0 bridgehead atoms. The fraction of sp³-hybridized carbons (Fsp3) is 0.370. The van der Waals surface area contributed by atoms with E-state index in [1.54, 1.807) is 19.1 Å². The molecule has 1 aromatic heterocycles. The largest absolute Gasteiger partial charge is 0.479 e. The van der Waals surface area contributed by atoms with Crippen molar-refractivity contribution < 1.29 is 43.6 Å². The summed E-state index contributed by atoms with van der Waals surface area (Å²) in [6.07, 6.45) is -1.11. The number of nitrogens with zero attached hydrogens (tertiary/aromatic N) is 1. The van der Waals surface area contributed by atoms with E-state index in [2.05, 4.69) is 11.8 Å². The quantitative estimate of drug-likeness (QED) is 0.332. The second kappa shape index (κ2) is 12.1. The van der Waals surface area contributed by atoms with Gasteiger partial charge in [0.2, 0.25) is 0 Å². The van der Waals surface area contributed by atoms with Gasteiger partial charge in [0.05, 0.1) is 0 Å². The first kappa shape index (κ1) is 28.0. The first-order valence-corrected chi connectivity index (χ1v) is 11.9. The van der Waals surface area contributed by atoms with Crippen molar-refractivity contribution in [1.29, 1.82) is 0 Å². The Labute approximate surface area is 212 Å².